The number of amides is 1. The van der Waals surface area contributed by atoms with Crippen LogP contribution in [0.15, 0.2) is 53.4 Å². The molecular weight excluding hydrogens is 450 g/mol. The summed E-state index contributed by atoms with van der Waals surface area (Å²) in [5, 5.41) is 2.88. The van der Waals surface area contributed by atoms with E-state index < -0.39 is 10.0 Å². The SMILES string of the molecule is CCN(CC)CCOc1ccccc1NC(=O)c1cccc(S(=O)(=O)N2C[C@@H](C)C[C@H](C)C2)c1. The number of carbonyl (C=O) groups is 1. The van der Waals surface area contributed by atoms with Gasteiger partial charge in [0.05, 0.1) is 10.6 Å². The maximum Gasteiger partial charge on any atom is 0.255 e. The van der Waals surface area contributed by atoms with Crippen molar-refractivity contribution in [2.45, 2.75) is 39.0 Å². The van der Waals surface area contributed by atoms with Crippen molar-refractivity contribution >= 4 is 21.6 Å². The number of rotatable bonds is 10. The van der Waals surface area contributed by atoms with Crippen LogP contribution in [0.2, 0.25) is 0 Å². The monoisotopic (exact) mass is 487 g/mol. The van der Waals surface area contributed by atoms with Crippen LogP contribution >= 0.6 is 0 Å². The van der Waals surface area contributed by atoms with Crippen LogP contribution in [0.25, 0.3) is 0 Å². The van der Waals surface area contributed by atoms with E-state index in [1.807, 2.05) is 18.2 Å². The van der Waals surface area contributed by atoms with Crippen LogP contribution in [0.3, 0.4) is 0 Å². The van der Waals surface area contributed by atoms with Crippen LogP contribution < -0.4 is 10.1 Å². The first-order valence-electron chi connectivity index (χ1n) is 12.1. The van der Waals surface area contributed by atoms with E-state index in [2.05, 4.69) is 37.9 Å². The Kier molecular flexibility index (Phi) is 9.10. The summed E-state index contributed by atoms with van der Waals surface area (Å²) in [4.78, 5) is 15.4. The first kappa shape index (κ1) is 26.2. The van der Waals surface area contributed by atoms with Gasteiger partial charge in [-0.3, -0.25) is 4.79 Å². The summed E-state index contributed by atoms with van der Waals surface area (Å²) in [6.45, 7) is 12.6. The molecule has 0 spiro atoms. The third kappa shape index (κ3) is 6.58. The number of likely N-dealkylation sites (N-methyl/N-ethyl adjacent to an activating group) is 1. The number of hydrogen-bond acceptors (Lipinski definition) is 5. The fraction of sp³-hybridized carbons (Fsp3) is 0.500. The van der Waals surface area contributed by atoms with Crippen molar-refractivity contribution in [2.75, 3.05) is 44.6 Å². The van der Waals surface area contributed by atoms with Gasteiger partial charge in [0.2, 0.25) is 10.0 Å². The van der Waals surface area contributed by atoms with Gasteiger partial charge in [-0.05, 0) is 61.7 Å². The van der Waals surface area contributed by atoms with Crippen molar-refractivity contribution in [1.82, 2.24) is 9.21 Å². The molecule has 0 bridgehead atoms. The Morgan fingerprint density at radius 1 is 1.06 bits per heavy atom. The zero-order valence-corrected chi connectivity index (χ0v) is 21.5. The number of nitrogens with zero attached hydrogens (tertiary/aromatic N) is 2. The highest BCUT2D eigenvalue weighted by molar-refractivity contribution is 7.89. The minimum atomic E-state index is -3.67. The lowest BCUT2D eigenvalue weighted by Gasteiger charge is -2.34. The second-order valence-electron chi connectivity index (χ2n) is 9.12. The summed E-state index contributed by atoms with van der Waals surface area (Å²) < 4.78 is 34.0. The molecule has 3 rings (SSSR count). The fourth-order valence-electron chi connectivity index (χ4n) is 4.46. The van der Waals surface area contributed by atoms with E-state index in [9.17, 15) is 13.2 Å². The van der Waals surface area contributed by atoms with E-state index in [-0.39, 0.29) is 16.4 Å². The maximum absolute atomic E-state index is 13.3. The Morgan fingerprint density at radius 2 is 1.74 bits per heavy atom. The molecule has 1 aliphatic rings. The molecule has 2 atom stereocenters. The number of benzene rings is 2. The Bertz CT molecular complexity index is 1060. The Morgan fingerprint density at radius 3 is 2.41 bits per heavy atom. The number of ether oxygens (including phenoxy) is 1. The van der Waals surface area contributed by atoms with Crippen LogP contribution in [0.4, 0.5) is 5.69 Å². The predicted molar refractivity (Wildman–Crippen MR) is 136 cm³/mol. The average molecular weight is 488 g/mol. The molecular formula is C26H37N3O4S. The molecule has 1 aliphatic heterocycles. The van der Waals surface area contributed by atoms with Gasteiger partial charge in [-0.2, -0.15) is 4.31 Å². The van der Waals surface area contributed by atoms with Crippen LogP contribution in [-0.4, -0.2) is 62.9 Å². The van der Waals surface area contributed by atoms with E-state index in [4.69, 9.17) is 4.74 Å². The van der Waals surface area contributed by atoms with E-state index >= 15 is 0 Å². The van der Waals surface area contributed by atoms with Crippen molar-refractivity contribution in [2.24, 2.45) is 11.8 Å². The zero-order valence-electron chi connectivity index (χ0n) is 20.7. The van der Waals surface area contributed by atoms with Gasteiger partial charge in [0.25, 0.3) is 5.91 Å². The lowest BCUT2D eigenvalue weighted by molar-refractivity contribution is 0.102. The van der Waals surface area contributed by atoms with E-state index in [1.165, 1.54) is 6.07 Å². The highest BCUT2D eigenvalue weighted by Gasteiger charge is 2.32. The average Bonchev–Trinajstić information content (AvgIpc) is 2.82. The van der Waals surface area contributed by atoms with Crippen molar-refractivity contribution in [3.8, 4) is 5.75 Å². The molecule has 34 heavy (non-hydrogen) atoms. The number of para-hydroxylation sites is 2. The smallest absolute Gasteiger partial charge is 0.255 e. The number of piperidine rings is 1. The van der Waals surface area contributed by atoms with Crippen molar-refractivity contribution < 1.29 is 17.9 Å². The number of sulfonamides is 1. The first-order chi connectivity index (χ1) is 16.2. The lowest BCUT2D eigenvalue weighted by Crippen LogP contribution is -2.42. The quantitative estimate of drug-likeness (QED) is 0.540. The largest absolute Gasteiger partial charge is 0.490 e. The van der Waals surface area contributed by atoms with Crippen molar-refractivity contribution in [3.05, 3.63) is 54.1 Å². The molecule has 0 aliphatic carbocycles. The molecule has 1 fully saturated rings. The Balaban J connectivity index is 1.73. The molecule has 1 N–H and O–H groups in total. The van der Waals surface area contributed by atoms with Gasteiger partial charge in [0.1, 0.15) is 12.4 Å². The van der Waals surface area contributed by atoms with Gasteiger partial charge >= 0.3 is 0 Å². The van der Waals surface area contributed by atoms with E-state index in [1.54, 1.807) is 28.6 Å². The first-order valence-corrected chi connectivity index (χ1v) is 13.5. The fourth-order valence-corrected chi connectivity index (χ4v) is 6.19. The number of anilines is 1. The van der Waals surface area contributed by atoms with Gasteiger partial charge in [0, 0.05) is 25.2 Å². The summed E-state index contributed by atoms with van der Waals surface area (Å²) in [5.74, 6) is 0.826. The van der Waals surface area contributed by atoms with Crippen molar-refractivity contribution in [1.29, 1.82) is 0 Å². The number of hydrogen-bond donors (Lipinski definition) is 1. The molecule has 186 valence electrons. The third-order valence-corrected chi connectivity index (χ3v) is 8.09. The van der Waals surface area contributed by atoms with Crippen LogP contribution in [0.1, 0.15) is 44.5 Å². The molecule has 2 aromatic carbocycles. The molecule has 1 amide bonds. The summed E-state index contributed by atoms with van der Waals surface area (Å²) in [6.07, 6.45) is 1.02. The lowest BCUT2D eigenvalue weighted by atomic mass is 9.94. The minimum Gasteiger partial charge on any atom is -0.490 e. The normalized spacial score (nSPS) is 19.2. The minimum absolute atomic E-state index is 0.144. The second-order valence-corrected chi connectivity index (χ2v) is 11.1. The van der Waals surface area contributed by atoms with Gasteiger partial charge in [-0.15, -0.1) is 0 Å². The summed E-state index contributed by atoms with van der Waals surface area (Å²) in [6, 6.07) is 13.5. The maximum atomic E-state index is 13.3. The molecule has 1 saturated heterocycles. The second kappa shape index (κ2) is 11.8. The molecule has 0 aromatic heterocycles. The molecule has 8 heteroatoms. The van der Waals surface area contributed by atoms with Crippen molar-refractivity contribution in [3.63, 3.8) is 0 Å². The zero-order chi connectivity index (χ0) is 24.7. The van der Waals surface area contributed by atoms with Crippen LogP contribution in [0, 0.1) is 11.8 Å². The van der Waals surface area contributed by atoms with E-state index in [0.717, 1.165) is 26.1 Å². The molecule has 0 saturated carbocycles. The highest BCUT2D eigenvalue weighted by atomic mass is 32.2. The molecule has 0 unspecified atom stereocenters. The molecule has 1 heterocycles. The van der Waals surface area contributed by atoms with E-state index in [0.29, 0.717) is 43.0 Å². The summed E-state index contributed by atoms with van der Waals surface area (Å²) >= 11 is 0. The van der Waals surface area contributed by atoms with Gasteiger partial charge in [-0.25, -0.2) is 8.42 Å². The van der Waals surface area contributed by atoms with Gasteiger partial charge < -0.3 is 15.0 Å². The summed E-state index contributed by atoms with van der Waals surface area (Å²) in [7, 11) is -3.67. The summed E-state index contributed by atoms with van der Waals surface area (Å²) in [5.41, 5.74) is 0.844. The Hall–Kier alpha value is -2.42. The topological polar surface area (TPSA) is 79.0 Å². The molecule has 7 nitrogen and oxygen atoms in total. The van der Waals surface area contributed by atoms with Crippen LogP contribution in [-0.2, 0) is 10.0 Å². The molecule has 2 aromatic rings. The third-order valence-electron chi connectivity index (χ3n) is 6.26. The van der Waals surface area contributed by atoms with Gasteiger partial charge in [0.15, 0.2) is 0 Å². The molecule has 0 radical (unpaired) electrons. The Labute approximate surface area is 204 Å². The standard InChI is InChI=1S/C26H37N3O4S/c1-5-28(6-2)14-15-33-25-13-8-7-12-24(25)27-26(30)22-10-9-11-23(17-22)34(31,32)29-18-20(3)16-21(4)19-29/h7-13,17,20-21H,5-6,14-16,18-19H2,1-4H3,(H,27,30)/t20-,21-/m0/s1. The van der Waals surface area contributed by atoms with Gasteiger partial charge in [-0.1, -0.05) is 45.9 Å². The number of nitrogens with one attached hydrogen (secondary N) is 1. The number of carbonyl (C=O) groups excluding carboxylic acids is 1. The predicted octanol–water partition coefficient (Wildman–Crippen LogP) is 4.33. The van der Waals surface area contributed by atoms with Crippen LogP contribution in [0.5, 0.6) is 5.75 Å². The highest BCUT2D eigenvalue weighted by Crippen LogP contribution is 2.28.